The molecular formula is C16H21ClN2O. The molecule has 1 saturated heterocycles. The van der Waals surface area contributed by atoms with Crippen LogP contribution in [-0.2, 0) is 6.42 Å². The minimum absolute atomic E-state index is 0.0954. The van der Waals surface area contributed by atoms with Crippen LogP contribution in [-0.4, -0.2) is 30.6 Å². The number of likely N-dealkylation sites (tertiary alicyclic amines) is 1. The molecule has 20 heavy (non-hydrogen) atoms. The third-order valence-electron chi connectivity index (χ3n) is 4.48. The molecule has 0 aromatic heterocycles. The molecule has 1 N–H and O–H groups in total. The molecule has 1 aliphatic heterocycles. The SMILES string of the molecule is O=C(NCCc1cccc(Cl)c1)N1CCCC2(CC2)C1. The van der Waals surface area contributed by atoms with Crippen LogP contribution in [0.25, 0.3) is 0 Å². The van der Waals surface area contributed by atoms with Gasteiger partial charge < -0.3 is 10.2 Å². The Bertz CT molecular complexity index is 499. The lowest BCUT2D eigenvalue weighted by atomic mass is 9.95. The largest absolute Gasteiger partial charge is 0.338 e. The molecule has 1 spiro atoms. The second kappa shape index (κ2) is 5.65. The third kappa shape index (κ3) is 3.26. The first-order valence-electron chi connectivity index (χ1n) is 7.44. The van der Waals surface area contributed by atoms with Crippen molar-refractivity contribution in [3.8, 4) is 0 Å². The first kappa shape index (κ1) is 13.7. The second-order valence-electron chi connectivity index (χ2n) is 6.14. The lowest BCUT2D eigenvalue weighted by molar-refractivity contribution is 0.158. The van der Waals surface area contributed by atoms with Crippen molar-refractivity contribution in [3.05, 3.63) is 34.9 Å². The fourth-order valence-electron chi connectivity index (χ4n) is 3.08. The maximum absolute atomic E-state index is 12.2. The number of hydrogen-bond donors (Lipinski definition) is 1. The monoisotopic (exact) mass is 292 g/mol. The van der Waals surface area contributed by atoms with E-state index in [0.717, 1.165) is 36.5 Å². The van der Waals surface area contributed by atoms with Gasteiger partial charge in [0.2, 0.25) is 0 Å². The van der Waals surface area contributed by atoms with Crippen LogP contribution in [0.3, 0.4) is 0 Å². The average molecular weight is 293 g/mol. The van der Waals surface area contributed by atoms with Crippen molar-refractivity contribution in [1.29, 1.82) is 0 Å². The summed E-state index contributed by atoms with van der Waals surface area (Å²) in [7, 11) is 0. The molecule has 108 valence electrons. The van der Waals surface area contributed by atoms with Gasteiger partial charge in [-0.05, 0) is 55.2 Å². The van der Waals surface area contributed by atoms with Gasteiger partial charge in [0.05, 0.1) is 0 Å². The zero-order chi connectivity index (χ0) is 14.0. The number of benzene rings is 1. The van der Waals surface area contributed by atoms with Crippen molar-refractivity contribution in [1.82, 2.24) is 10.2 Å². The highest BCUT2D eigenvalue weighted by Gasteiger charge is 2.46. The summed E-state index contributed by atoms with van der Waals surface area (Å²) in [6.07, 6.45) is 5.89. The van der Waals surface area contributed by atoms with Crippen molar-refractivity contribution in [2.75, 3.05) is 19.6 Å². The number of rotatable bonds is 3. The van der Waals surface area contributed by atoms with Crippen LogP contribution < -0.4 is 5.32 Å². The molecule has 1 aromatic carbocycles. The molecule has 1 saturated carbocycles. The lowest BCUT2D eigenvalue weighted by Gasteiger charge is -2.33. The Morgan fingerprint density at radius 1 is 1.35 bits per heavy atom. The van der Waals surface area contributed by atoms with Gasteiger partial charge in [-0.2, -0.15) is 0 Å². The van der Waals surface area contributed by atoms with Crippen molar-refractivity contribution >= 4 is 17.6 Å². The van der Waals surface area contributed by atoms with E-state index in [2.05, 4.69) is 5.32 Å². The fraction of sp³-hybridized carbons (Fsp3) is 0.562. The highest BCUT2D eigenvalue weighted by molar-refractivity contribution is 6.30. The number of nitrogens with one attached hydrogen (secondary N) is 1. The summed E-state index contributed by atoms with van der Waals surface area (Å²) >= 11 is 5.95. The zero-order valence-electron chi connectivity index (χ0n) is 11.7. The summed E-state index contributed by atoms with van der Waals surface area (Å²) in [5, 5.41) is 3.78. The van der Waals surface area contributed by atoms with Gasteiger partial charge in [0.15, 0.2) is 0 Å². The fourth-order valence-corrected chi connectivity index (χ4v) is 3.30. The summed E-state index contributed by atoms with van der Waals surface area (Å²) in [6, 6.07) is 7.90. The van der Waals surface area contributed by atoms with Crippen molar-refractivity contribution in [3.63, 3.8) is 0 Å². The Labute approximate surface area is 125 Å². The van der Waals surface area contributed by atoms with E-state index in [1.807, 2.05) is 29.2 Å². The van der Waals surface area contributed by atoms with Gasteiger partial charge in [0.25, 0.3) is 0 Å². The Balaban J connectivity index is 1.45. The quantitative estimate of drug-likeness (QED) is 0.909. The molecule has 3 nitrogen and oxygen atoms in total. The molecule has 2 aliphatic rings. The van der Waals surface area contributed by atoms with Crippen molar-refractivity contribution in [2.45, 2.75) is 32.1 Å². The van der Waals surface area contributed by atoms with E-state index in [0.29, 0.717) is 12.0 Å². The summed E-state index contributed by atoms with van der Waals surface area (Å²) < 4.78 is 0. The third-order valence-corrected chi connectivity index (χ3v) is 4.72. The van der Waals surface area contributed by atoms with Gasteiger partial charge in [0, 0.05) is 24.7 Å². The predicted molar refractivity (Wildman–Crippen MR) is 81.0 cm³/mol. The number of hydrogen-bond acceptors (Lipinski definition) is 1. The van der Waals surface area contributed by atoms with Crippen LogP contribution in [0, 0.1) is 5.41 Å². The van der Waals surface area contributed by atoms with Gasteiger partial charge in [-0.3, -0.25) is 0 Å². The number of carbonyl (C=O) groups excluding carboxylic acids is 1. The van der Waals surface area contributed by atoms with Gasteiger partial charge >= 0.3 is 6.03 Å². The number of carbonyl (C=O) groups is 1. The second-order valence-corrected chi connectivity index (χ2v) is 6.57. The average Bonchev–Trinajstić information content (AvgIpc) is 3.18. The molecule has 0 radical (unpaired) electrons. The molecular weight excluding hydrogens is 272 g/mol. The minimum Gasteiger partial charge on any atom is -0.338 e. The topological polar surface area (TPSA) is 32.3 Å². The number of amides is 2. The number of urea groups is 1. The first-order valence-corrected chi connectivity index (χ1v) is 7.82. The summed E-state index contributed by atoms with van der Waals surface area (Å²) in [4.78, 5) is 14.2. The van der Waals surface area contributed by atoms with Crippen LogP contribution in [0.4, 0.5) is 4.79 Å². The van der Waals surface area contributed by atoms with Gasteiger partial charge in [-0.15, -0.1) is 0 Å². The number of halogens is 1. The molecule has 4 heteroatoms. The summed E-state index contributed by atoms with van der Waals surface area (Å²) in [6.45, 7) is 2.53. The molecule has 3 rings (SSSR count). The summed E-state index contributed by atoms with van der Waals surface area (Å²) in [5.41, 5.74) is 1.65. The number of piperidine rings is 1. The van der Waals surface area contributed by atoms with Crippen LogP contribution >= 0.6 is 11.6 Å². The van der Waals surface area contributed by atoms with Crippen LogP contribution in [0.15, 0.2) is 24.3 Å². The highest BCUT2D eigenvalue weighted by Crippen LogP contribution is 2.51. The predicted octanol–water partition coefficient (Wildman–Crippen LogP) is 3.47. The normalized spacial score (nSPS) is 19.9. The van der Waals surface area contributed by atoms with Crippen LogP contribution in [0.5, 0.6) is 0 Å². The molecule has 0 bridgehead atoms. The molecule has 1 aliphatic carbocycles. The van der Waals surface area contributed by atoms with Crippen molar-refractivity contribution in [2.24, 2.45) is 5.41 Å². The maximum Gasteiger partial charge on any atom is 0.317 e. The highest BCUT2D eigenvalue weighted by atomic mass is 35.5. The molecule has 0 atom stereocenters. The van der Waals surface area contributed by atoms with E-state index in [1.165, 1.54) is 19.3 Å². The van der Waals surface area contributed by atoms with E-state index in [-0.39, 0.29) is 6.03 Å². The van der Waals surface area contributed by atoms with Gasteiger partial charge in [-0.1, -0.05) is 23.7 Å². The van der Waals surface area contributed by atoms with E-state index in [4.69, 9.17) is 11.6 Å². The number of nitrogens with zero attached hydrogens (tertiary/aromatic N) is 1. The smallest absolute Gasteiger partial charge is 0.317 e. The van der Waals surface area contributed by atoms with E-state index in [1.54, 1.807) is 0 Å². The first-order chi connectivity index (χ1) is 9.67. The molecule has 0 unspecified atom stereocenters. The standard InChI is InChI=1S/C16H21ClN2O/c17-14-4-1-3-13(11-14)5-9-18-15(20)19-10-2-6-16(12-19)7-8-16/h1,3-4,11H,2,5-10,12H2,(H,18,20). The zero-order valence-corrected chi connectivity index (χ0v) is 12.5. The van der Waals surface area contributed by atoms with Gasteiger partial charge in [0.1, 0.15) is 0 Å². The molecule has 2 fully saturated rings. The van der Waals surface area contributed by atoms with Crippen LogP contribution in [0.2, 0.25) is 5.02 Å². The Hall–Kier alpha value is -1.22. The van der Waals surface area contributed by atoms with E-state index in [9.17, 15) is 4.79 Å². The van der Waals surface area contributed by atoms with E-state index < -0.39 is 0 Å². The maximum atomic E-state index is 12.2. The lowest BCUT2D eigenvalue weighted by Crippen LogP contribution is -2.46. The Kier molecular flexibility index (Phi) is 3.88. The van der Waals surface area contributed by atoms with Crippen molar-refractivity contribution < 1.29 is 4.79 Å². The van der Waals surface area contributed by atoms with Gasteiger partial charge in [-0.25, -0.2) is 4.79 Å². The Morgan fingerprint density at radius 2 is 2.20 bits per heavy atom. The van der Waals surface area contributed by atoms with E-state index >= 15 is 0 Å². The molecule has 1 aromatic rings. The minimum atomic E-state index is 0.0954. The molecule has 2 amide bonds. The summed E-state index contributed by atoms with van der Waals surface area (Å²) in [5.74, 6) is 0. The molecule has 1 heterocycles. The van der Waals surface area contributed by atoms with Crippen LogP contribution in [0.1, 0.15) is 31.2 Å². The Morgan fingerprint density at radius 3 is 2.95 bits per heavy atom.